The van der Waals surface area contributed by atoms with Gasteiger partial charge in [-0.3, -0.25) is 14.4 Å². The average molecular weight is 580 g/mol. The summed E-state index contributed by atoms with van der Waals surface area (Å²) in [6.45, 7) is 4.52. The molecular formula is C18H23BrFN7O7S. The highest BCUT2D eigenvalue weighted by molar-refractivity contribution is 9.10. The normalized spacial score (nSPS) is 12.2. The molecule has 0 atom stereocenters. The van der Waals surface area contributed by atoms with Gasteiger partial charge < -0.3 is 25.1 Å². The molecule has 1 aromatic heterocycles. The summed E-state index contributed by atoms with van der Waals surface area (Å²) >= 11 is 3.67. The first-order valence-electron chi connectivity index (χ1n) is 9.61. The maximum Gasteiger partial charge on any atom is 0.418 e. The molecule has 2 rings (SSSR count). The number of carbonyl (C=O) groups is 2. The molecule has 0 aliphatic carbocycles. The van der Waals surface area contributed by atoms with Gasteiger partial charge in [-0.2, -0.15) is 0 Å². The Hall–Kier alpha value is -2.99. The fourth-order valence-electron chi connectivity index (χ4n) is 2.32. The molecule has 5 N–H and O–H groups in total. The van der Waals surface area contributed by atoms with Crippen LogP contribution in [0.2, 0.25) is 0 Å². The molecule has 1 heterocycles. The molecule has 0 spiro atoms. The van der Waals surface area contributed by atoms with Crippen LogP contribution in [0.1, 0.15) is 26.5 Å². The molecule has 0 saturated carbocycles. The summed E-state index contributed by atoms with van der Waals surface area (Å²) in [7, 11) is 1.20. The van der Waals surface area contributed by atoms with Gasteiger partial charge in [0.15, 0.2) is 5.69 Å². The Morgan fingerprint density at radius 3 is 2.69 bits per heavy atom. The summed E-state index contributed by atoms with van der Waals surface area (Å²) in [5, 5.41) is 33.7. The number of ether oxygens (including phenoxy) is 1. The van der Waals surface area contributed by atoms with Crippen LogP contribution in [0.25, 0.3) is 0 Å². The second-order valence-electron chi connectivity index (χ2n) is 7.60. The van der Waals surface area contributed by atoms with Crippen LogP contribution in [-0.4, -0.2) is 64.0 Å². The van der Waals surface area contributed by atoms with Gasteiger partial charge in [0.2, 0.25) is 18.1 Å². The number of nitrogens with zero attached hydrogens (tertiary/aromatic N) is 4. The number of hydrogen-bond acceptors (Lipinski definition) is 13. The molecule has 0 fully saturated rings. The van der Waals surface area contributed by atoms with E-state index in [1.807, 2.05) is 0 Å². The molecule has 1 aromatic carbocycles. The van der Waals surface area contributed by atoms with Crippen LogP contribution in [0.15, 0.2) is 32.5 Å². The third-order valence-electron chi connectivity index (χ3n) is 3.64. The van der Waals surface area contributed by atoms with E-state index in [1.54, 1.807) is 20.8 Å². The van der Waals surface area contributed by atoms with Gasteiger partial charge >= 0.3 is 6.09 Å². The van der Waals surface area contributed by atoms with Crippen molar-refractivity contribution < 1.29 is 38.4 Å². The molecule has 0 bridgehead atoms. The minimum Gasteiger partial charge on any atom is -0.443 e. The third kappa shape index (κ3) is 8.62. The summed E-state index contributed by atoms with van der Waals surface area (Å²) in [4.78, 5) is 29.2. The molecule has 0 saturated heterocycles. The first-order valence-corrected chi connectivity index (χ1v) is 11.2. The Morgan fingerprint density at radius 2 is 2.09 bits per heavy atom. The van der Waals surface area contributed by atoms with Crippen molar-refractivity contribution >= 4 is 57.9 Å². The second-order valence-corrected chi connectivity index (χ2v) is 9.15. The Morgan fingerprint density at radius 1 is 1.37 bits per heavy atom. The van der Waals surface area contributed by atoms with Crippen molar-refractivity contribution in [3.05, 3.63) is 34.2 Å². The molecule has 192 valence electrons. The van der Waals surface area contributed by atoms with Gasteiger partial charge in [-0.05, 0) is 65.2 Å². The number of oxime groups is 1. The number of anilines is 2. The van der Waals surface area contributed by atoms with E-state index in [-0.39, 0.29) is 27.5 Å². The van der Waals surface area contributed by atoms with Crippen LogP contribution in [0.5, 0.6) is 0 Å². The van der Waals surface area contributed by atoms with Crippen molar-refractivity contribution in [2.75, 3.05) is 23.9 Å². The number of benzene rings is 1. The molecule has 0 aliphatic rings. The quantitative estimate of drug-likeness (QED) is 0.0522. The lowest BCUT2D eigenvalue weighted by atomic mass is 10.2. The molecule has 0 unspecified atom stereocenters. The third-order valence-corrected chi connectivity index (χ3v) is 4.80. The number of rotatable bonds is 10. The highest BCUT2D eigenvalue weighted by Gasteiger charge is 2.31. The number of aromatic nitrogens is 2. The predicted octanol–water partition coefficient (Wildman–Crippen LogP) is 1.67. The predicted molar refractivity (Wildman–Crippen MR) is 126 cm³/mol. The highest BCUT2D eigenvalue weighted by Crippen LogP contribution is 2.25. The van der Waals surface area contributed by atoms with Crippen LogP contribution in [0.3, 0.4) is 0 Å². The Kier molecular flexibility index (Phi) is 9.78. The molecule has 2 aromatic rings. The topological polar surface area (TPSA) is 184 Å². The van der Waals surface area contributed by atoms with Gasteiger partial charge in [0.05, 0.1) is 16.7 Å². The van der Waals surface area contributed by atoms with Gasteiger partial charge in [-0.15, -0.1) is 0 Å². The summed E-state index contributed by atoms with van der Waals surface area (Å²) in [6.07, 6.45) is -0.393. The first-order chi connectivity index (χ1) is 16.4. The van der Waals surface area contributed by atoms with E-state index in [0.717, 1.165) is 11.0 Å². The van der Waals surface area contributed by atoms with Gasteiger partial charge in [0, 0.05) is 12.1 Å². The van der Waals surface area contributed by atoms with E-state index in [4.69, 9.17) is 9.57 Å². The van der Waals surface area contributed by atoms with E-state index in [9.17, 15) is 24.2 Å². The number of aliphatic hydroxyl groups is 2. The Bertz CT molecular complexity index is 1060. The van der Waals surface area contributed by atoms with E-state index >= 15 is 0 Å². The summed E-state index contributed by atoms with van der Waals surface area (Å²) in [5.74, 6) is -3.80. The standard InChI is InChI=1S/C18H23BrFN7O7S/c1-17(2,3)33-16(29)26-35-21-8-18(30,31)22-14-13(23-34-24-14)15(25-32-4)27(9-28)10-5-6-12(20)11(19)7-10/h5-7,9,21,30-31H,8H2,1-4H3,(H,22,24)(H,26,29)/b25-15-. The lowest BCUT2D eigenvalue weighted by molar-refractivity contribution is -0.128. The number of carbonyl (C=O) groups excluding carboxylic acids is 2. The summed E-state index contributed by atoms with van der Waals surface area (Å²) in [6, 6.07) is 3.71. The van der Waals surface area contributed by atoms with Crippen molar-refractivity contribution in [1.82, 2.24) is 19.8 Å². The number of hydrogen-bond donors (Lipinski definition) is 5. The lowest BCUT2D eigenvalue weighted by Crippen LogP contribution is -2.47. The summed E-state index contributed by atoms with van der Waals surface area (Å²) < 4.78 is 28.2. The van der Waals surface area contributed by atoms with Crippen molar-refractivity contribution in [2.45, 2.75) is 32.3 Å². The largest absolute Gasteiger partial charge is 0.443 e. The molecule has 0 radical (unpaired) electrons. The van der Waals surface area contributed by atoms with Crippen molar-refractivity contribution in [2.24, 2.45) is 5.16 Å². The maximum atomic E-state index is 13.6. The zero-order valence-electron chi connectivity index (χ0n) is 18.9. The van der Waals surface area contributed by atoms with Crippen molar-refractivity contribution in [1.29, 1.82) is 0 Å². The smallest absolute Gasteiger partial charge is 0.418 e. The Labute approximate surface area is 211 Å². The van der Waals surface area contributed by atoms with Crippen LogP contribution in [-0.2, 0) is 14.4 Å². The van der Waals surface area contributed by atoms with Gasteiger partial charge in [-0.1, -0.05) is 5.16 Å². The molecular weight excluding hydrogens is 557 g/mol. The minimum absolute atomic E-state index is 0.0727. The van der Waals surface area contributed by atoms with Crippen LogP contribution < -0.4 is 19.7 Å². The van der Waals surface area contributed by atoms with Crippen LogP contribution >= 0.6 is 28.1 Å². The molecule has 17 heteroatoms. The monoisotopic (exact) mass is 579 g/mol. The zero-order chi connectivity index (χ0) is 26.2. The van der Waals surface area contributed by atoms with E-state index in [1.165, 1.54) is 19.2 Å². The van der Waals surface area contributed by atoms with Gasteiger partial charge in [0.1, 0.15) is 18.5 Å². The fraction of sp³-hybridized carbons (Fsp3) is 0.389. The number of amides is 2. The van der Waals surface area contributed by atoms with E-state index in [0.29, 0.717) is 18.5 Å². The van der Waals surface area contributed by atoms with Gasteiger partial charge in [0.25, 0.3) is 5.91 Å². The molecule has 35 heavy (non-hydrogen) atoms. The molecule has 0 aliphatic heterocycles. The SMILES string of the molecule is CO/N=C(/c1nonc1NC(O)(O)CNSNC(=O)OC(C)(C)C)N(C=O)c1ccc(F)c(Br)c1. The lowest BCUT2D eigenvalue weighted by Gasteiger charge is -2.24. The summed E-state index contributed by atoms with van der Waals surface area (Å²) in [5.41, 5.74) is -0.781. The maximum absolute atomic E-state index is 13.6. The highest BCUT2D eigenvalue weighted by atomic mass is 79.9. The van der Waals surface area contributed by atoms with Gasteiger partial charge in [-0.25, -0.2) is 18.5 Å². The zero-order valence-corrected chi connectivity index (χ0v) is 21.3. The van der Waals surface area contributed by atoms with E-state index in [2.05, 4.69) is 50.8 Å². The van der Waals surface area contributed by atoms with Crippen molar-refractivity contribution in [3.63, 3.8) is 0 Å². The van der Waals surface area contributed by atoms with Crippen molar-refractivity contribution in [3.8, 4) is 0 Å². The number of halogens is 2. The van der Waals surface area contributed by atoms with Crippen LogP contribution in [0.4, 0.5) is 20.7 Å². The number of amidine groups is 1. The first kappa shape index (κ1) is 28.2. The van der Waals surface area contributed by atoms with E-state index < -0.39 is 30.0 Å². The molecule has 14 nitrogen and oxygen atoms in total. The average Bonchev–Trinajstić information content (AvgIpc) is 3.19. The fourth-order valence-corrected chi connectivity index (χ4v) is 3.16. The minimum atomic E-state index is -2.64. The van der Waals surface area contributed by atoms with Crippen LogP contribution in [0, 0.1) is 5.82 Å². The molecule has 2 amide bonds. The number of nitrogens with one attached hydrogen (secondary N) is 3. The Balaban J connectivity index is 2.13. The second kappa shape index (κ2) is 12.1.